The molecule has 0 aliphatic heterocycles. The van der Waals surface area contributed by atoms with Gasteiger partial charge in [0.1, 0.15) is 5.82 Å². The second-order valence-electron chi connectivity index (χ2n) is 5.28. The molecular formula is C17H16FN3O4. The summed E-state index contributed by atoms with van der Waals surface area (Å²) in [5, 5.41) is 13.5. The predicted octanol–water partition coefficient (Wildman–Crippen LogP) is 2.05. The van der Waals surface area contributed by atoms with Crippen LogP contribution in [0.1, 0.15) is 31.8 Å². The number of aryl methyl sites for hydroxylation is 1. The maximum absolute atomic E-state index is 13.2. The number of nitrogen functional groups attached to an aromatic ring is 1. The van der Waals surface area contributed by atoms with Crippen molar-refractivity contribution in [3.8, 4) is 0 Å². The highest BCUT2D eigenvalue weighted by Gasteiger charge is 2.21. The van der Waals surface area contributed by atoms with Crippen molar-refractivity contribution >= 4 is 23.6 Å². The molecule has 0 atom stereocenters. The number of carbonyl (C=O) groups excluding carboxylic acids is 2. The molecule has 0 aromatic heterocycles. The summed E-state index contributed by atoms with van der Waals surface area (Å²) in [6.45, 7) is 1.75. The van der Waals surface area contributed by atoms with Crippen LogP contribution < -0.4 is 16.4 Å². The first-order valence-electron chi connectivity index (χ1n) is 7.25. The predicted molar refractivity (Wildman–Crippen MR) is 88.7 cm³/mol. The Balaban J connectivity index is 2.07. The van der Waals surface area contributed by atoms with Crippen LogP contribution in [0.4, 0.5) is 14.9 Å². The van der Waals surface area contributed by atoms with E-state index in [4.69, 9.17) is 10.8 Å². The van der Waals surface area contributed by atoms with Crippen molar-refractivity contribution in [2.45, 2.75) is 13.5 Å². The largest absolute Gasteiger partial charge is 0.478 e. The Hall–Kier alpha value is -3.42. The second kappa shape index (κ2) is 7.43. The molecule has 0 aliphatic carbocycles. The van der Waals surface area contributed by atoms with E-state index in [1.54, 1.807) is 13.0 Å². The van der Waals surface area contributed by atoms with Crippen molar-refractivity contribution in [2.24, 2.45) is 0 Å². The van der Waals surface area contributed by atoms with Crippen LogP contribution >= 0.6 is 0 Å². The number of anilines is 1. The van der Waals surface area contributed by atoms with E-state index >= 15 is 0 Å². The minimum Gasteiger partial charge on any atom is -0.478 e. The quantitative estimate of drug-likeness (QED) is 0.632. The Bertz CT molecular complexity index is 852. The number of carboxylic acid groups (broad SMARTS) is 1. The van der Waals surface area contributed by atoms with Gasteiger partial charge in [-0.1, -0.05) is 12.1 Å². The number of hydrogen-bond acceptors (Lipinski definition) is 4. The molecule has 2 aromatic carbocycles. The van der Waals surface area contributed by atoms with E-state index < -0.39 is 23.7 Å². The smallest absolute Gasteiger partial charge is 0.336 e. The van der Waals surface area contributed by atoms with Crippen molar-refractivity contribution in [3.63, 3.8) is 0 Å². The van der Waals surface area contributed by atoms with E-state index in [9.17, 15) is 18.8 Å². The molecule has 25 heavy (non-hydrogen) atoms. The summed E-state index contributed by atoms with van der Waals surface area (Å²) in [6.07, 6.45) is 0. The van der Waals surface area contributed by atoms with Gasteiger partial charge >= 0.3 is 12.0 Å². The van der Waals surface area contributed by atoms with E-state index in [0.29, 0.717) is 5.56 Å². The van der Waals surface area contributed by atoms with Gasteiger partial charge in [0.05, 0.1) is 11.1 Å². The van der Waals surface area contributed by atoms with Gasteiger partial charge in [0.2, 0.25) is 0 Å². The molecule has 0 heterocycles. The summed E-state index contributed by atoms with van der Waals surface area (Å²) in [6, 6.07) is 7.25. The van der Waals surface area contributed by atoms with Gasteiger partial charge < -0.3 is 16.2 Å². The lowest BCUT2D eigenvalue weighted by atomic mass is 10.0. The van der Waals surface area contributed by atoms with Gasteiger partial charge in [0.25, 0.3) is 5.91 Å². The molecule has 7 nitrogen and oxygen atoms in total. The molecule has 0 radical (unpaired) electrons. The zero-order valence-electron chi connectivity index (χ0n) is 13.3. The van der Waals surface area contributed by atoms with E-state index in [-0.39, 0.29) is 23.4 Å². The van der Waals surface area contributed by atoms with Crippen LogP contribution in [0, 0.1) is 12.7 Å². The molecule has 0 aliphatic rings. The van der Waals surface area contributed by atoms with Gasteiger partial charge in [0.15, 0.2) is 0 Å². The summed E-state index contributed by atoms with van der Waals surface area (Å²) in [5.41, 5.74) is 6.28. The number of hydrogen-bond donors (Lipinski definition) is 4. The van der Waals surface area contributed by atoms with Gasteiger partial charge in [0, 0.05) is 12.2 Å². The topological polar surface area (TPSA) is 122 Å². The van der Waals surface area contributed by atoms with Crippen LogP contribution in [0.2, 0.25) is 0 Å². The lowest BCUT2D eigenvalue weighted by Gasteiger charge is -2.11. The minimum atomic E-state index is -1.34. The number of rotatable bonds is 4. The highest BCUT2D eigenvalue weighted by molar-refractivity contribution is 6.12. The van der Waals surface area contributed by atoms with Crippen LogP contribution in [0.3, 0.4) is 0 Å². The summed E-state index contributed by atoms with van der Waals surface area (Å²) < 4.78 is 13.2. The first-order chi connectivity index (χ1) is 11.8. The number of imide groups is 1. The van der Waals surface area contributed by atoms with Crippen molar-refractivity contribution in [3.05, 3.63) is 64.5 Å². The molecular weight excluding hydrogens is 329 g/mol. The summed E-state index contributed by atoms with van der Waals surface area (Å²) in [5.74, 6) is -2.72. The molecule has 2 aromatic rings. The number of nitrogens with two attached hydrogens (primary N) is 1. The summed E-state index contributed by atoms with van der Waals surface area (Å²) in [4.78, 5) is 35.2. The molecule has 5 N–H and O–H groups in total. The van der Waals surface area contributed by atoms with Crippen LogP contribution in [0.5, 0.6) is 0 Å². The molecule has 8 heteroatoms. The Morgan fingerprint density at radius 3 is 2.60 bits per heavy atom. The Kier molecular flexibility index (Phi) is 5.33. The molecule has 0 saturated heterocycles. The Morgan fingerprint density at radius 1 is 1.20 bits per heavy atom. The van der Waals surface area contributed by atoms with E-state index in [2.05, 4.69) is 5.32 Å². The SMILES string of the molecule is Cc1ccc(F)cc1CNC(=O)NC(=O)c1c(N)cccc1C(=O)O. The third-order valence-corrected chi connectivity index (χ3v) is 3.53. The number of benzene rings is 2. The van der Waals surface area contributed by atoms with Crippen molar-refractivity contribution in [2.75, 3.05) is 5.73 Å². The van der Waals surface area contributed by atoms with Gasteiger partial charge in [-0.3, -0.25) is 10.1 Å². The zero-order chi connectivity index (χ0) is 18.6. The molecule has 0 spiro atoms. The van der Waals surface area contributed by atoms with Gasteiger partial charge in [-0.05, 0) is 42.3 Å². The lowest BCUT2D eigenvalue weighted by Crippen LogP contribution is -2.40. The monoisotopic (exact) mass is 345 g/mol. The van der Waals surface area contributed by atoms with Gasteiger partial charge in [-0.25, -0.2) is 14.0 Å². The third kappa shape index (κ3) is 4.31. The standard InChI is InChI=1S/C17H16FN3O4/c1-9-5-6-11(18)7-10(9)8-20-17(25)21-15(22)14-12(16(23)24)3-2-4-13(14)19/h2-7H,8,19H2,1H3,(H,23,24)(H2,20,21,22,25). The first-order valence-corrected chi connectivity index (χ1v) is 7.25. The Labute approximate surface area is 142 Å². The molecule has 0 fully saturated rings. The number of halogens is 1. The van der Waals surface area contributed by atoms with E-state index in [1.807, 2.05) is 5.32 Å². The fourth-order valence-electron chi connectivity index (χ4n) is 2.22. The third-order valence-electron chi connectivity index (χ3n) is 3.53. The molecule has 0 saturated carbocycles. The number of nitrogens with one attached hydrogen (secondary N) is 2. The fourth-order valence-corrected chi connectivity index (χ4v) is 2.22. The average molecular weight is 345 g/mol. The molecule has 0 bridgehead atoms. The van der Waals surface area contributed by atoms with E-state index in [0.717, 1.165) is 5.56 Å². The van der Waals surface area contributed by atoms with Crippen LogP contribution in [-0.4, -0.2) is 23.0 Å². The highest BCUT2D eigenvalue weighted by Crippen LogP contribution is 2.17. The molecule has 3 amide bonds. The molecule has 130 valence electrons. The molecule has 0 unspecified atom stereocenters. The summed E-state index contributed by atoms with van der Waals surface area (Å²) >= 11 is 0. The lowest BCUT2D eigenvalue weighted by molar-refractivity contribution is 0.0691. The number of urea groups is 1. The first kappa shape index (κ1) is 17.9. The van der Waals surface area contributed by atoms with Crippen molar-refractivity contribution in [1.29, 1.82) is 0 Å². The average Bonchev–Trinajstić information content (AvgIpc) is 2.55. The normalized spacial score (nSPS) is 10.2. The van der Waals surface area contributed by atoms with E-state index in [1.165, 1.54) is 30.3 Å². The maximum Gasteiger partial charge on any atom is 0.336 e. The van der Waals surface area contributed by atoms with Crippen LogP contribution in [-0.2, 0) is 6.54 Å². The highest BCUT2D eigenvalue weighted by atomic mass is 19.1. The second-order valence-corrected chi connectivity index (χ2v) is 5.28. The number of aromatic carboxylic acids is 1. The fraction of sp³-hybridized carbons (Fsp3) is 0.118. The van der Waals surface area contributed by atoms with Gasteiger partial charge in [-0.15, -0.1) is 0 Å². The van der Waals surface area contributed by atoms with Gasteiger partial charge in [-0.2, -0.15) is 0 Å². The van der Waals surface area contributed by atoms with Crippen molar-refractivity contribution < 1.29 is 23.9 Å². The zero-order valence-corrected chi connectivity index (χ0v) is 13.3. The number of carboxylic acids is 1. The van der Waals surface area contributed by atoms with Crippen LogP contribution in [0.25, 0.3) is 0 Å². The number of carbonyl (C=O) groups is 3. The maximum atomic E-state index is 13.2. The molecule has 2 rings (SSSR count). The minimum absolute atomic E-state index is 0.00122. The summed E-state index contributed by atoms with van der Waals surface area (Å²) in [7, 11) is 0. The Morgan fingerprint density at radius 2 is 1.92 bits per heavy atom. The van der Waals surface area contributed by atoms with Crippen LogP contribution in [0.15, 0.2) is 36.4 Å². The number of amides is 3. The van der Waals surface area contributed by atoms with Crippen molar-refractivity contribution in [1.82, 2.24) is 10.6 Å².